The zero-order chi connectivity index (χ0) is 14.9. The van der Waals surface area contributed by atoms with E-state index in [2.05, 4.69) is 37.4 Å². The fourth-order valence-corrected chi connectivity index (χ4v) is 3.19. The second-order valence-electron chi connectivity index (χ2n) is 5.63. The molecule has 0 saturated carbocycles. The Morgan fingerprint density at radius 2 is 1.95 bits per heavy atom. The second-order valence-corrected chi connectivity index (χ2v) is 6.77. The second kappa shape index (κ2) is 5.48. The molecule has 0 atom stereocenters. The normalized spacial score (nSPS) is 17.5. The van der Waals surface area contributed by atoms with Crippen LogP contribution >= 0.6 is 11.8 Å². The lowest BCUT2D eigenvalue weighted by Crippen LogP contribution is -2.40. The highest BCUT2D eigenvalue weighted by molar-refractivity contribution is 7.99. The van der Waals surface area contributed by atoms with Crippen molar-refractivity contribution in [2.24, 2.45) is 0 Å². The summed E-state index contributed by atoms with van der Waals surface area (Å²) in [5, 5.41) is 2.69. The maximum Gasteiger partial charge on any atom is 0.325 e. The molecule has 2 rings (SSSR count). The van der Waals surface area contributed by atoms with Crippen LogP contribution in [0.1, 0.15) is 25.0 Å². The molecule has 1 saturated heterocycles. The molecule has 1 N–H and O–H groups in total. The van der Waals surface area contributed by atoms with Crippen molar-refractivity contribution in [2.45, 2.75) is 38.1 Å². The van der Waals surface area contributed by atoms with Crippen molar-refractivity contribution in [1.82, 2.24) is 10.2 Å². The third-order valence-corrected chi connectivity index (χ3v) is 4.50. The molecule has 4 nitrogen and oxygen atoms in total. The van der Waals surface area contributed by atoms with Gasteiger partial charge in [0.15, 0.2) is 0 Å². The van der Waals surface area contributed by atoms with Gasteiger partial charge in [-0.15, -0.1) is 11.8 Å². The summed E-state index contributed by atoms with van der Waals surface area (Å²) in [7, 11) is 0. The highest BCUT2D eigenvalue weighted by Gasteiger charge is 2.43. The van der Waals surface area contributed by atoms with Gasteiger partial charge in [-0.05, 0) is 39.3 Å². The number of imide groups is 1. The van der Waals surface area contributed by atoms with Crippen LogP contribution in [0.25, 0.3) is 0 Å². The highest BCUT2D eigenvalue weighted by Crippen LogP contribution is 2.24. The minimum Gasteiger partial charge on any atom is -0.324 e. The van der Waals surface area contributed by atoms with Crippen molar-refractivity contribution in [3.05, 3.63) is 29.3 Å². The summed E-state index contributed by atoms with van der Waals surface area (Å²) in [5.41, 5.74) is 1.66. The Balaban J connectivity index is 1.95. The summed E-state index contributed by atoms with van der Waals surface area (Å²) in [6.07, 6.45) is 0. The van der Waals surface area contributed by atoms with Crippen LogP contribution in [0.2, 0.25) is 0 Å². The molecule has 1 aliphatic rings. The Labute approximate surface area is 123 Å². The van der Waals surface area contributed by atoms with E-state index < -0.39 is 5.54 Å². The highest BCUT2D eigenvalue weighted by atomic mass is 32.2. The lowest BCUT2D eigenvalue weighted by molar-refractivity contribution is -0.130. The quantitative estimate of drug-likeness (QED) is 0.685. The molecule has 3 amide bonds. The van der Waals surface area contributed by atoms with Crippen LogP contribution in [-0.2, 0) is 4.79 Å². The average molecular weight is 292 g/mol. The molecule has 1 fully saturated rings. The number of thioether (sulfide) groups is 1. The summed E-state index contributed by atoms with van der Waals surface area (Å²) in [6, 6.07) is 6.02. The molecular weight excluding hydrogens is 272 g/mol. The summed E-state index contributed by atoms with van der Waals surface area (Å²) in [6.45, 7) is 8.02. The lowest BCUT2D eigenvalue weighted by Gasteiger charge is -2.16. The zero-order valence-electron chi connectivity index (χ0n) is 12.3. The number of carbonyl (C=O) groups excluding carboxylic acids is 2. The Kier molecular flexibility index (Phi) is 4.09. The van der Waals surface area contributed by atoms with Gasteiger partial charge in [0.2, 0.25) is 0 Å². The number of nitrogens with one attached hydrogen (secondary N) is 1. The number of amides is 3. The summed E-state index contributed by atoms with van der Waals surface area (Å²) in [5.74, 6) is 0.559. The van der Waals surface area contributed by atoms with E-state index >= 15 is 0 Å². The lowest BCUT2D eigenvalue weighted by atomic mass is 10.1. The first-order chi connectivity index (χ1) is 9.31. The standard InChI is InChI=1S/C15H20N2O2S/c1-10-5-6-11(2)12(9-10)20-8-7-17-13(18)15(3,4)16-14(17)19/h5-6,9H,7-8H2,1-4H3,(H,16,19). The average Bonchev–Trinajstić information content (AvgIpc) is 2.55. The molecule has 0 aromatic heterocycles. The van der Waals surface area contributed by atoms with Crippen LogP contribution in [0, 0.1) is 13.8 Å². The van der Waals surface area contributed by atoms with E-state index in [1.807, 2.05) is 0 Å². The summed E-state index contributed by atoms with van der Waals surface area (Å²) >= 11 is 1.68. The van der Waals surface area contributed by atoms with Crippen molar-refractivity contribution < 1.29 is 9.59 Å². The van der Waals surface area contributed by atoms with Gasteiger partial charge in [-0.25, -0.2) is 4.79 Å². The smallest absolute Gasteiger partial charge is 0.324 e. The van der Waals surface area contributed by atoms with Gasteiger partial charge >= 0.3 is 6.03 Å². The van der Waals surface area contributed by atoms with Crippen LogP contribution in [-0.4, -0.2) is 34.7 Å². The number of aryl methyl sites for hydroxylation is 2. The van der Waals surface area contributed by atoms with Gasteiger partial charge in [-0.1, -0.05) is 17.7 Å². The molecule has 0 unspecified atom stereocenters. The number of hydrogen-bond donors (Lipinski definition) is 1. The predicted octanol–water partition coefficient (Wildman–Crippen LogP) is 2.73. The van der Waals surface area contributed by atoms with Crippen molar-refractivity contribution >= 4 is 23.7 Å². The third kappa shape index (κ3) is 2.98. The van der Waals surface area contributed by atoms with Crippen molar-refractivity contribution in [1.29, 1.82) is 0 Å². The minimum absolute atomic E-state index is 0.149. The Hall–Kier alpha value is -1.49. The van der Waals surface area contributed by atoms with E-state index in [4.69, 9.17) is 0 Å². The van der Waals surface area contributed by atoms with Gasteiger partial charge in [0, 0.05) is 17.2 Å². The van der Waals surface area contributed by atoms with Gasteiger partial charge in [0.25, 0.3) is 5.91 Å². The summed E-state index contributed by atoms with van der Waals surface area (Å²) in [4.78, 5) is 26.3. The molecule has 1 aromatic carbocycles. The third-order valence-electron chi connectivity index (χ3n) is 3.36. The Morgan fingerprint density at radius 3 is 2.55 bits per heavy atom. The fourth-order valence-electron chi connectivity index (χ4n) is 2.13. The first-order valence-electron chi connectivity index (χ1n) is 6.65. The maximum absolute atomic E-state index is 12.0. The van der Waals surface area contributed by atoms with Gasteiger partial charge in [-0.3, -0.25) is 9.69 Å². The maximum atomic E-state index is 12.0. The number of rotatable bonds is 4. The zero-order valence-corrected chi connectivity index (χ0v) is 13.1. The molecule has 1 aliphatic heterocycles. The molecule has 5 heteroatoms. The first-order valence-corrected chi connectivity index (χ1v) is 7.64. The predicted molar refractivity (Wildman–Crippen MR) is 81.0 cm³/mol. The molecule has 0 radical (unpaired) electrons. The largest absolute Gasteiger partial charge is 0.325 e. The molecule has 0 spiro atoms. The Bertz CT molecular complexity index is 555. The van der Waals surface area contributed by atoms with E-state index in [0.717, 1.165) is 0 Å². The Morgan fingerprint density at radius 1 is 1.25 bits per heavy atom. The minimum atomic E-state index is -0.777. The molecule has 1 aromatic rings. The van der Waals surface area contributed by atoms with Crippen LogP contribution in [0.5, 0.6) is 0 Å². The van der Waals surface area contributed by atoms with Gasteiger partial charge < -0.3 is 5.32 Å². The number of hydrogen-bond acceptors (Lipinski definition) is 3. The van der Waals surface area contributed by atoms with E-state index in [1.54, 1.807) is 25.6 Å². The monoisotopic (exact) mass is 292 g/mol. The van der Waals surface area contributed by atoms with E-state index in [1.165, 1.54) is 20.9 Å². The van der Waals surface area contributed by atoms with Gasteiger partial charge in [0.05, 0.1) is 0 Å². The van der Waals surface area contributed by atoms with Crippen molar-refractivity contribution in [3.8, 4) is 0 Å². The molecule has 0 aliphatic carbocycles. The topological polar surface area (TPSA) is 49.4 Å². The van der Waals surface area contributed by atoms with E-state index in [0.29, 0.717) is 12.3 Å². The van der Waals surface area contributed by atoms with Crippen molar-refractivity contribution in [3.63, 3.8) is 0 Å². The van der Waals surface area contributed by atoms with Crippen LogP contribution < -0.4 is 5.32 Å². The first kappa shape index (κ1) is 14.9. The molecule has 108 valence electrons. The van der Waals surface area contributed by atoms with E-state index in [-0.39, 0.29) is 11.9 Å². The number of nitrogens with zero attached hydrogens (tertiary/aromatic N) is 1. The van der Waals surface area contributed by atoms with E-state index in [9.17, 15) is 9.59 Å². The molecule has 0 bridgehead atoms. The van der Waals surface area contributed by atoms with Crippen LogP contribution in [0.3, 0.4) is 0 Å². The van der Waals surface area contributed by atoms with Gasteiger partial charge in [0.1, 0.15) is 5.54 Å². The molecule has 1 heterocycles. The van der Waals surface area contributed by atoms with Gasteiger partial charge in [-0.2, -0.15) is 0 Å². The number of urea groups is 1. The molecule has 20 heavy (non-hydrogen) atoms. The number of carbonyl (C=O) groups is 2. The van der Waals surface area contributed by atoms with Crippen LogP contribution in [0.15, 0.2) is 23.1 Å². The molecular formula is C15H20N2O2S. The van der Waals surface area contributed by atoms with Crippen molar-refractivity contribution in [2.75, 3.05) is 12.3 Å². The summed E-state index contributed by atoms with van der Waals surface area (Å²) < 4.78 is 0. The SMILES string of the molecule is Cc1ccc(C)c(SCCN2C(=O)NC(C)(C)C2=O)c1. The number of benzene rings is 1. The fraction of sp³-hybridized carbons (Fsp3) is 0.467. The van der Waals surface area contributed by atoms with Crippen LogP contribution in [0.4, 0.5) is 4.79 Å².